The standard InChI is InChI=1S/C12H8BClO4/c14-11-3-7-6-17-13(16)10(7)4-9(11)12-2-1-8(5-15)18-12/h1-5,16H,6H2. The zero-order chi connectivity index (χ0) is 12.7. The van der Waals surface area contributed by atoms with Crippen LogP contribution < -0.4 is 5.46 Å². The van der Waals surface area contributed by atoms with Crippen molar-refractivity contribution in [1.82, 2.24) is 0 Å². The minimum atomic E-state index is -0.934. The number of carbonyl (C=O) groups is 1. The summed E-state index contributed by atoms with van der Waals surface area (Å²) in [5.41, 5.74) is 2.17. The lowest BCUT2D eigenvalue weighted by molar-refractivity contribution is 0.110. The van der Waals surface area contributed by atoms with Crippen molar-refractivity contribution in [2.75, 3.05) is 0 Å². The van der Waals surface area contributed by atoms with Gasteiger partial charge in [0.2, 0.25) is 0 Å². The molecule has 0 amide bonds. The molecule has 1 aliphatic heterocycles. The normalized spacial score (nSPS) is 13.8. The summed E-state index contributed by atoms with van der Waals surface area (Å²) in [6.45, 7) is 0.342. The van der Waals surface area contributed by atoms with E-state index >= 15 is 0 Å². The van der Waals surface area contributed by atoms with Crippen molar-refractivity contribution < 1.29 is 18.9 Å². The number of fused-ring (bicyclic) bond motifs is 1. The molecule has 0 radical (unpaired) electrons. The number of hydrogen-bond acceptors (Lipinski definition) is 4. The Bertz CT molecular complexity index is 623. The summed E-state index contributed by atoms with van der Waals surface area (Å²) in [5, 5.41) is 10.1. The van der Waals surface area contributed by atoms with Gasteiger partial charge in [0.05, 0.1) is 11.6 Å². The van der Waals surface area contributed by atoms with Gasteiger partial charge in [-0.05, 0) is 35.3 Å². The summed E-state index contributed by atoms with van der Waals surface area (Å²) >= 11 is 6.16. The first kappa shape index (κ1) is 11.5. The molecule has 0 saturated heterocycles. The summed E-state index contributed by atoms with van der Waals surface area (Å²) in [7, 11) is -0.934. The minimum Gasteiger partial charge on any atom is -0.453 e. The monoisotopic (exact) mass is 262 g/mol. The second-order valence-corrected chi connectivity index (χ2v) is 4.42. The van der Waals surface area contributed by atoms with Crippen LogP contribution in [-0.2, 0) is 11.3 Å². The van der Waals surface area contributed by atoms with Gasteiger partial charge in [-0.1, -0.05) is 11.6 Å². The largest absolute Gasteiger partial charge is 0.491 e. The van der Waals surface area contributed by atoms with Gasteiger partial charge < -0.3 is 14.1 Å². The quantitative estimate of drug-likeness (QED) is 0.660. The molecule has 6 heteroatoms. The van der Waals surface area contributed by atoms with Gasteiger partial charge in [0.1, 0.15) is 5.76 Å². The van der Waals surface area contributed by atoms with E-state index in [0.717, 1.165) is 5.56 Å². The van der Waals surface area contributed by atoms with Crippen LogP contribution in [-0.4, -0.2) is 18.4 Å². The molecule has 0 saturated carbocycles. The Labute approximate surface area is 108 Å². The molecule has 1 aliphatic rings. The lowest BCUT2D eigenvalue weighted by Gasteiger charge is -2.05. The number of carbonyl (C=O) groups excluding carboxylic acids is 1. The topological polar surface area (TPSA) is 59.7 Å². The Morgan fingerprint density at radius 2 is 2.22 bits per heavy atom. The third kappa shape index (κ3) is 1.77. The summed E-state index contributed by atoms with van der Waals surface area (Å²) in [5.74, 6) is 0.724. The van der Waals surface area contributed by atoms with Crippen molar-refractivity contribution in [3.63, 3.8) is 0 Å². The molecular formula is C12H8BClO4. The summed E-state index contributed by atoms with van der Waals surface area (Å²) in [6.07, 6.45) is 0.628. The average molecular weight is 262 g/mol. The van der Waals surface area contributed by atoms with Crippen LogP contribution in [0.4, 0.5) is 0 Å². The van der Waals surface area contributed by atoms with Crippen molar-refractivity contribution in [2.24, 2.45) is 0 Å². The molecule has 4 nitrogen and oxygen atoms in total. The van der Waals surface area contributed by atoms with Gasteiger partial charge in [0, 0.05) is 5.56 Å². The summed E-state index contributed by atoms with van der Waals surface area (Å²) < 4.78 is 10.4. The minimum absolute atomic E-state index is 0.235. The molecule has 2 aromatic rings. The van der Waals surface area contributed by atoms with Crippen molar-refractivity contribution in [3.8, 4) is 11.3 Å². The molecule has 18 heavy (non-hydrogen) atoms. The van der Waals surface area contributed by atoms with Crippen molar-refractivity contribution in [3.05, 3.63) is 40.6 Å². The van der Waals surface area contributed by atoms with Crippen LogP contribution in [0.25, 0.3) is 11.3 Å². The van der Waals surface area contributed by atoms with E-state index in [9.17, 15) is 9.82 Å². The van der Waals surface area contributed by atoms with Crippen LogP contribution in [0.1, 0.15) is 16.1 Å². The Hall–Kier alpha value is -1.56. The number of aldehydes is 1. The highest BCUT2D eigenvalue weighted by Gasteiger charge is 2.29. The van der Waals surface area contributed by atoms with Gasteiger partial charge in [0.25, 0.3) is 0 Å². The van der Waals surface area contributed by atoms with E-state index in [1.165, 1.54) is 0 Å². The Morgan fingerprint density at radius 3 is 2.94 bits per heavy atom. The van der Waals surface area contributed by atoms with Gasteiger partial charge in [0.15, 0.2) is 12.0 Å². The Morgan fingerprint density at radius 1 is 1.39 bits per heavy atom. The molecule has 1 N–H and O–H groups in total. The SMILES string of the molecule is O=Cc1ccc(-c2cc3c(cc2Cl)COB3O)o1. The van der Waals surface area contributed by atoms with Crippen LogP contribution in [0.3, 0.4) is 0 Å². The Kier molecular flexibility index (Phi) is 2.74. The van der Waals surface area contributed by atoms with Crippen LogP contribution >= 0.6 is 11.6 Å². The fraction of sp³-hybridized carbons (Fsp3) is 0.0833. The first-order chi connectivity index (χ1) is 8.69. The molecule has 90 valence electrons. The molecule has 1 aromatic heterocycles. The van der Waals surface area contributed by atoms with E-state index in [-0.39, 0.29) is 5.76 Å². The molecule has 3 rings (SSSR count). The second kappa shape index (κ2) is 4.28. The molecule has 0 atom stereocenters. The smallest absolute Gasteiger partial charge is 0.453 e. The van der Waals surface area contributed by atoms with Gasteiger partial charge in [-0.25, -0.2) is 0 Å². The van der Waals surface area contributed by atoms with Gasteiger partial charge in [-0.2, -0.15) is 0 Å². The zero-order valence-corrected chi connectivity index (χ0v) is 9.98. The molecule has 0 fully saturated rings. The molecule has 0 bridgehead atoms. The number of hydrogen-bond donors (Lipinski definition) is 1. The zero-order valence-electron chi connectivity index (χ0n) is 9.22. The van der Waals surface area contributed by atoms with Crippen molar-refractivity contribution >= 4 is 30.5 Å². The third-order valence-electron chi connectivity index (χ3n) is 2.90. The average Bonchev–Trinajstić information content (AvgIpc) is 2.96. The molecule has 0 spiro atoms. The maximum absolute atomic E-state index is 10.6. The van der Waals surface area contributed by atoms with Crippen LogP contribution in [0, 0.1) is 0 Å². The number of halogens is 1. The summed E-state index contributed by atoms with van der Waals surface area (Å²) in [4.78, 5) is 10.6. The number of rotatable bonds is 2. The first-order valence-corrected chi connectivity index (χ1v) is 5.74. The van der Waals surface area contributed by atoms with Gasteiger partial charge in [-0.3, -0.25) is 4.79 Å². The van der Waals surface area contributed by atoms with Crippen molar-refractivity contribution in [2.45, 2.75) is 6.61 Å². The molecule has 0 aliphatic carbocycles. The van der Waals surface area contributed by atoms with E-state index in [2.05, 4.69) is 0 Å². The maximum atomic E-state index is 10.6. The van der Waals surface area contributed by atoms with Crippen LogP contribution in [0.15, 0.2) is 28.7 Å². The first-order valence-electron chi connectivity index (χ1n) is 5.36. The fourth-order valence-electron chi connectivity index (χ4n) is 1.99. The lowest BCUT2D eigenvalue weighted by atomic mass is 9.78. The molecule has 1 aromatic carbocycles. The highest BCUT2D eigenvalue weighted by molar-refractivity contribution is 6.61. The molecular weight excluding hydrogens is 254 g/mol. The van der Waals surface area contributed by atoms with E-state index < -0.39 is 7.12 Å². The Balaban J connectivity index is 2.12. The predicted octanol–water partition coefficient (Wildman–Crippen LogP) is 1.63. The van der Waals surface area contributed by atoms with E-state index in [1.807, 2.05) is 0 Å². The van der Waals surface area contributed by atoms with Crippen LogP contribution in [0.5, 0.6) is 0 Å². The molecule has 2 heterocycles. The van der Waals surface area contributed by atoms with Gasteiger partial charge in [-0.15, -0.1) is 0 Å². The number of furan rings is 1. The van der Waals surface area contributed by atoms with E-state index in [4.69, 9.17) is 20.7 Å². The molecule has 0 unspecified atom stereocenters. The predicted molar refractivity (Wildman–Crippen MR) is 66.9 cm³/mol. The number of benzene rings is 1. The van der Waals surface area contributed by atoms with Crippen LogP contribution in [0.2, 0.25) is 5.02 Å². The highest BCUT2D eigenvalue weighted by atomic mass is 35.5. The summed E-state index contributed by atoms with van der Waals surface area (Å²) in [6, 6.07) is 6.70. The third-order valence-corrected chi connectivity index (χ3v) is 3.21. The fourth-order valence-corrected chi connectivity index (χ4v) is 2.27. The maximum Gasteiger partial charge on any atom is 0.491 e. The van der Waals surface area contributed by atoms with E-state index in [0.29, 0.717) is 34.7 Å². The van der Waals surface area contributed by atoms with Gasteiger partial charge >= 0.3 is 7.12 Å². The second-order valence-electron chi connectivity index (χ2n) is 4.01. The highest BCUT2D eigenvalue weighted by Crippen LogP contribution is 2.30. The lowest BCUT2D eigenvalue weighted by Crippen LogP contribution is -2.28. The van der Waals surface area contributed by atoms with E-state index in [1.54, 1.807) is 24.3 Å². The van der Waals surface area contributed by atoms with Crippen molar-refractivity contribution in [1.29, 1.82) is 0 Å².